The van der Waals surface area contributed by atoms with Crippen LogP contribution in [-0.4, -0.2) is 29.2 Å². The summed E-state index contributed by atoms with van der Waals surface area (Å²) in [7, 11) is 0. The molecule has 6 heteroatoms. The van der Waals surface area contributed by atoms with E-state index in [2.05, 4.69) is 26.7 Å². The van der Waals surface area contributed by atoms with E-state index in [1.165, 1.54) is 0 Å². The average Bonchev–Trinajstić information content (AvgIpc) is 3.07. The number of hydrogen-bond donors (Lipinski definition) is 2. The van der Waals surface area contributed by atoms with E-state index in [1.807, 2.05) is 25.1 Å². The maximum atomic E-state index is 8.83. The summed E-state index contributed by atoms with van der Waals surface area (Å²) in [4.78, 5) is 8.88. The topological polar surface area (TPSA) is 82.9 Å². The number of aryl methyl sites for hydroxylation is 1. The highest BCUT2D eigenvalue weighted by Crippen LogP contribution is 2.18. The Balaban J connectivity index is 1.67. The van der Waals surface area contributed by atoms with E-state index in [4.69, 9.17) is 10.00 Å². The number of benzene rings is 1. The predicted octanol–water partition coefficient (Wildman–Crippen LogP) is 2.99. The summed E-state index contributed by atoms with van der Waals surface area (Å²) in [6.45, 7) is 3.50. The fraction of sp³-hybridized carbons (Fsp3) is 0.353. The molecule has 1 aromatic carbocycles. The summed E-state index contributed by atoms with van der Waals surface area (Å²) in [5.74, 6) is 1.31. The van der Waals surface area contributed by atoms with E-state index in [0.29, 0.717) is 11.5 Å². The number of nitriles is 1. The molecule has 3 rings (SSSR count). The van der Waals surface area contributed by atoms with Gasteiger partial charge in [0.1, 0.15) is 5.82 Å². The monoisotopic (exact) mass is 309 g/mol. The van der Waals surface area contributed by atoms with Crippen LogP contribution in [0.1, 0.15) is 24.1 Å². The largest absolute Gasteiger partial charge is 0.376 e. The van der Waals surface area contributed by atoms with E-state index in [0.717, 1.165) is 43.2 Å². The molecule has 2 N–H and O–H groups in total. The van der Waals surface area contributed by atoms with Gasteiger partial charge in [-0.1, -0.05) is 0 Å². The zero-order valence-electron chi connectivity index (χ0n) is 13.0. The van der Waals surface area contributed by atoms with Crippen molar-refractivity contribution in [1.82, 2.24) is 9.97 Å². The molecule has 23 heavy (non-hydrogen) atoms. The van der Waals surface area contributed by atoms with E-state index in [-0.39, 0.29) is 6.10 Å². The highest BCUT2D eigenvalue weighted by atomic mass is 16.5. The van der Waals surface area contributed by atoms with Gasteiger partial charge >= 0.3 is 0 Å². The van der Waals surface area contributed by atoms with Gasteiger partial charge in [0.25, 0.3) is 0 Å². The molecule has 1 saturated heterocycles. The van der Waals surface area contributed by atoms with Crippen molar-refractivity contribution in [3.05, 3.63) is 41.6 Å². The molecule has 1 aromatic heterocycles. The Hall–Kier alpha value is -2.65. The molecule has 2 heterocycles. The highest BCUT2D eigenvalue weighted by Gasteiger charge is 2.15. The van der Waals surface area contributed by atoms with Gasteiger partial charge in [-0.05, 0) is 44.0 Å². The van der Waals surface area contributed by atoms with Crippen LogP contribution in [-0.2, 0) is 4.74 Å². The van der Waals surface area contributed by atoms with Gasteiger partial charge in [-0.2, -0.15) is 10.2 Å². The third-order valence-corrected chi connectivity index (χ3v) is 3.65. The molecule has 0 saturated carbocycles. The van der Waals surface area contributed by atoms with Gasteiger partial charge in [0.15, 0.2) is 0 Å². The van der Waals surface area contributed by atoms with Crippen molar-refractivity contribution in [3.63, 3.8) is 0 Å². The number of aromatic nitrogens is 2. The van der Waals surface area contributed by atoms with Crippen LogP contribution >= 0.6 is 0 Å². The lowest BCUT2D eigenvalue weighted by Gasteiger charge is -2.12. The number of anilines is 3. The van der Waals surface area contributed by atoms with E-state index in [1.54, 1.807) is 12.1 Å². The van der Waals surface area contributed by atoms with Crippen LogP contribution in [0.2, 0.25) is 0 Å². The van der Waals surface area contributed by atoms with Gasteiger partial charge in [0, 0.05) is 30.6 Å². The zero-order chi connectivity index (χ0) is 16.1. The van der Waals surface area contributed by atoms with Crippen LogP contribution < -0.4 is 10.6 Å². The first-order valence-electron chi connectivity index (χ1n) is 7.71. The van der Waals surface area contributed by atoms with Crippen molar-refractivity contribution < 1.29 is 4.74 Å². The smallest absolute Gasteiger partial charge is 0.224 e. The Labute approximate surface area is 135 Å². The number of rotatable bonds is 5. The molecule has 1 unspecified atom stereocenters. The Bertz CT molecular complexity index is 702. The summed E-state index contributed by atoms with van der Waals surface area (Å²) in [5.41, 5.74) is 2.39. The average molecular weight is 309 g/mol. The quantitative estimate of drug-likeness (QED) is 0.883. The molecule has 0 bridgehead atoms. The second-order valence-corrected chi connectivity index (χ2v) is 5.55. The second kappa shape index (κ2) is 7.07. The summed E-state index contributed by atoms with van der Waals surface area (Å²) < 4.78 is 5.59. The molecule has 6 nitrogen and oxygen atoms in total. The third-order valence-electron chi connectivity index (χ3n) is 3.65. The Morgan fingerprint density at radius 3 is 2.83 bits per heavy atom. The zero-order valence-corrected chi connectivity index (χ0v) is 13.0. The molecule has 0 amide bonds. The van der Waals surface area contributed by atoms with Crippen LogP contribution in [0.4, 0.5) is 17.5 Å². The Morgan fingerprint density at radius 2 is 2.13 bits per heavy atom. The van der Waals surface area contributed by atoms with Crippen LogP contribution in [0, 0.1) is 18.3 Å². The van der Waals surface area contributed by atoms with Gasteiger partial charge in [0.2, 0.25) is 5.95 Å². The predicted molar refractivity (Wildman–Crippen MR) is 88.7 cm³/mol. The molecule has 0 aliphatic carbocycles. The van der Waals surface area contributed by atoms with Crippen LogP contribution in [0.3, 0.4) is 0 Å². The molecule has 1 aliphatic heterocycles. The first-order valence-corrected chi connectivity index (χ1v) is 7.71. The van der Waals surface area contributed by atoms with Crippen molar-refractivity contribution in [1.29, 1.82) is 5.26 Å². The van der Waals surface area contributed by atoms with E-state index < -0.39 is 0 Å². The standard InChI is InChI=1S/C17H19N5O/c1-12-9-16(21-14-6-4-13(10-18)5-7-14)22-17(20-12)19-11-15-3-2-8-23-15/h4-7,9,15H,2-3,8,11H2,1H3,(H2,19,20,21,22). The second-order valence-electron chi connectivity index (χ2n) is 5.55. The highest BCUT2D eigenvalue weighted by molar-refractivity contribution is 5.58. The van der Waals surface area contributed by atoms with Crippen LogP contribution in [0.5, 0.6) is 0 Å². The van der Waals surface area contributed by atoms with Crippen molar-refractivity contribution in [3.8, 4) is 6.07 Å². The maximum Gasteiger partial charge on any atom is 0.224 e. The molecule has 118 valence electrons. The van der Waals surface area contributed by atoms with Gasteiger partial charge in [-0.15, -0.1) is 0 Å². The van der Waals surface area contributed by atoms with E-state index in [9.17, 15) is 0 Å². The molecule has 1 fully saturated rings. The Kier molecular flexibility index (Phi) is 4.69. The fourth-order valence-corrected chi connectivity index (χ4v) is 2.50. The fourth-order valence-electron chi connectivity index (χ4n) is 2.50. The van der Waals surface area contributed by atoms with Gasteiger partial charge in [0.05, 0.1) is 17.7 Å². The molecular formula is C17H19N5O. The third kappa shape index (κ3) is 4.18. The molecular weight excluding hydrogens is 290 g/mol. The summed E-state index contributed by atoms with van der Waals surface area (Å²) in [6, 6.07) is 11.2. The number of ether oxygens (including phenoxy) is 1. The van der Waals surface area contributed by atoms with Crippen molar-refractivity contribution >= 4 is 17.5 Å². The summed E-state index contributed by atoms with van der Waals surface area (Å²) in [6.07, 6.45) is 2.44. The van der Waals surface area contributed by atoms with E-state index >= 15 is 0 Å². The minimum atomic E-state index is 0.244. The number of nitrogens with one attached hydrogen (secondary N) is 2. The van der Waals surface area contributed by atoms with Crippen molar-refractivity contribution in [2.24, 2.45) is 0 Å². The summed E-state index contributed by atoms with van der Waals surface area (Å²) in [5, 5.41) is 15.3. The number of nitrogens with zero attached hydrogens (tertiary/aromatic N) is 3. The Morgan fingerprint density at radius 1 is 1.30 bits per heavy atom. The van der Waals surface area contributed by atoms with Crippen LogP contribution in [0.15, 0.2) is 30.3 Å². The lowest BCUT2D eigenvalue weighted by molar-refractivity contribution is 0.120. The number of hydrogen-bond acceptors (Lipinski definition) is 6. The molecule has 1 atom stereocenters. The molecule has 0 spiro atoms. The first kappa shape index (κ1) is 15.3. The van der Waals surface area contributed by atoms with Gasteiger partial charge < -0.3 is 15.4 Å². The van der Waals surface area contributed by atoms with Gasteiger partial charge in [-0.3, -0.25) is 0 Å². The maximum absolute atomic E-state index is 8.83. The lowest BCUT2D eigenvalue weighted by atomic mass is 10.2. The lowest BCUT2D eigenvalue weighted by Crippen LogP contribution is -2.20. The SMILES string of the molecule is Cc1cc(Nc2ccc(C#N)cc2)nc(NCC2CCCO2)n1. The van der Waals surface area contributed by atoms with Crippen LogP contribution in [0.25, 0.3) is 0 Å². The minimum absolute atomic E-state index is 0.244. The summed E-state index contributed by atoms with van der Waals surface area (Å²) >= 11 is 0. The molecule has 2 aromatic rings. The van der Waals surface area contributed by atoms with Crippen molar-refractivity contribution in [2.75, 3.05) is 23.8 Å². The van der Waals surface area contributed by atoms with Crippen molar-refractivity contribution in [2.45, 2.75) is 25.9 Å². The molecule has 0 radical (unpaired) electrons. The minimum Gasteiger partial charge on any atom is -0.376 e. The first-order chi connectivity index (χ1) is 11.2. The normalized spacial score (nSPS) is 16.8. The van der Waals surface area contributed by atoms with Gasteiger partial charge in [-0.25, -0.2) is 4.98 Å². The molecule has 1 aliphatic rings.